The van der Waals surface area contributed by atoms with Gasteiger partial charge in [-0.05, 0) is 92.1 Å². The number of nitrogens with zero attached hydrogens (tertiary/aromatic N) is 1. The molecule has 4 aromatic rings. The number of thiol groups is 1. The number of ether oxygens (including phenoxy) is 3. The van der Waals surface area contributed by atoms with Crippen molar-refractivity contribution in [3.05, 3.63) is 78.7 Å². The Kier molecular flexibility index (Phi) is 9.66. The maximum absolute atomic E-state index is 13.2. The molecule has 2 N–H and O–H groups in total. The van der Waals surface area contributed by atoms with E-state index in [1.807, 2.05) is 12.1 Å². The van der Waals surface area contributed by atoms with Crippen LogP contribution in [0.2, 0.25) is 0 Å². The van der Waals surface area contributed by atoms with Gasteiger partial charge in [0.2, 0.25) is 11.8 Å². The average molecular weight is 604 g/mol. The van der Waals surface area contributed by atoms with Crippen LogP contribution in [-0.4, -0.2) is 36.3 Å². The Bertz CT molecular complexity index is 1580. The number of methoxy groups -OCH3 is 1. The number of amides is 2. The molecule has 0 saturated heterocycles. The molecule has 1 fully saturated rings. The van der Waals surface area contributed by atoms with Gasteiger partial charge in [-0.1, -0.05) is 12.8 Å². The molecule has 1 heterocycles. The number of nitrogens with one attached hydrogen (secondary N) is 2. The molecule has 1 aliphatic rings. The summed E-state index contributed by atoms with van der Waals surface area (Å²) in [7, 11) is 1.60. The molecular formula is C33H34FN3O5S. The van der Waals surface area contributed by atoms with Gasteiger partial charge in [-0.3, -0.25) is 14.6 Å². The molecule has 0 unspecified atom stereocenters. The molecule has 2 amide bonds. The zero-order valence-corrected chi connectivity index (χ0v) is 24.8. The van der Waals surface area contributed by atoms with Crippen molar-refractivity contribution in [2.24, 2.45) is 5.41 Å². The van der Waals surface area contributed by atoms with E-state index in [1.54, 1.807) is 43.6 Å². The number of carbonyl (C=O) groups is 2. The smallest absolute Gasteiger partial charge is 0.240 e. The van der Waals surface area contributed by atoms with Gasteiger partial charge in [-0.15, -0.1) is 0 Å². The first-order valence-corrected chi connectivity index (χ1v) is 14.9. The van der Waals surface area contributed by atoms with Crippen LogP contribution in [0.1, 0.15) is 38.5 Å². The van der Waals surface area contributed by atoms with Crippen molar-refractivity contribution in [3.63, 3.8) is 0 Å². The first-order valence-electron chi connectivity index (χ1n) is 14.3. The van der Waals surface area contributed by atoms with Crippen molar-refractivity contribution >= 4 is 46.7 Å². The molecule has 0 spiro atoms. The number of rotatable bonds is 14. The van der Waals surface area contributed by atoms with Gasteiger partial charge in [-0.2, -0.15) is 12.6 Å². The van der Waals surface area contributed by atoms with Crippen LogP contribution in [0.15, 0.2) is 72.9 Å². The number of benzene rings is 3. The molecule has 5 rings (SSSR count). The minimum atomic E-state index is -1.15. The van der Waals surface area contributed by atoms with E-state index in [0.717, 1.165) is 36.8 Å². The fraction of sp³-hybridized carbons (Fsp3) is 0.303. The Balaban J connectivity index is 1.22. The molecule has 1 aromatic heterocycles. The summed E-state index contributed by atoms with van der Waals surface area (Å²) in [5, 5.41) is 6.31. The van der Waals surface area contributed by atoms with E-state index >= 15 is 0 Å². The van der Waals surface area contributed by atoms with Crippen LogP contribution < -0.4 is 24.8 Å². The van der Waals surface area contributed by atoms with Gasteiger partial charge >= 0.3 is 0 Å². The Hall–Kier alpha value is -4.31. The molecule has 0 radical (unpaired) electrons. The first-order chi connectivity index (χ1) is 20.9. The quantitative estimate of drug-likeness (QED) is 0.0789. The lowest BCUT2D eigenvalue weighted by Crippen LogP contribution is -2.35. The predicted octanol–water partition coefficient (Wildman–Crippen LogP) is 7.40. The van der Waals surface area contributed by atoms with Gasteiger partial charge in [0.25, 0.3) is 0 Å². The zero-order valence-electron chi connectivity index (χ0n) is 23.9. The number of halogens is 1. The molecule has 43 heavy (non-hydrogen) atoms. The normalized spacial score (nSPS) is 13.3. The topological polar surface area (TPSA) is 98.8 Å². The third-order valence-corrected chi connectivity index (χ3v) is 7.67. The Labute approximate surface area is 255 Å². The first kappa shape index (κ1) is 30.2. The highest BCUT2D eigenvalue weighted by atomic mass is 32.1. The summed E-state index contributed by atoms with van der Waals surface area (Å²) < 4.78 is 30.9. The SMILES string of the molecule is COc1cc2c(Oc3ccc(NC(=O)C4(C(=O)Nc5ccc(F)cc5)CC4)cc3)ccnc2cc1OCCCCCCS. The molecule has 8 nitrogen and oxygen atoms in total. The third-order valence-electron chi connectivity index (χ3n) is 7.36. The highest BCUT2D eigenvalue weighted by Crippen LogP contribution is 2.47. The van der Waals surface area contributed by atoms with E-state index in [9.17, 15) is 14.0 Å². The van der Waals surface area contributed by atoms with Crippen LogP contribution >= 0.6 is 12.6 Å². The number of fused-ring (bicyclic) bond motifs is 1. The summed E-state index contributed by atoms with van der Waals surface area (Å²) in [6.07, 6.45) is 6.82. The highest BCUT2D eigenvalue weighted by molar-refractivity contribution is 7.80. The number of pyridine rings is 1. The maximum atomic E-state index is 13.2. The van der Waals surface area contributed by atoms with Crippen molar-refractivity contribution in [3.8, 4) is 23.0 Å². The van der Waals surface area contributed by atoms with E-state index in [2.05, 4.69) is 28.2 Å². The lowest BCUT2D eigenvalue weighted by Gasteiger charge is -2.16. The summed E-state index contributed by atoms with van der Waals surface area (Å²) in [5.74, 6) is 2.08. The Morgan fingerprint density at radius 2 is 1.51 bits per heavy atom. The van der Waals surface area contributed by atoms with Crippen molar-refractivity contribution in [1.82, 2.24) is 4.98 Å². The highest BCUT2D eigenvalue weighted by Gasteiger charge is 2.56. The monoisotopic (exact) mass is 603 g/mol. The van der Waals surface area contributed by atoms with Crippen LogP contribution in [0.3, 0.4) is 0 Å². The molecule has 0 bridgehead atoms. The number of unbranched alkanes of at least 4 members (excludes halogenated alkanes) is 3. The molecule has 3 aromatic carbocycles. The Morgan fingerprint density at radius 1 is 0.860 bits per heavy atom. The molecule has 10 heteroatoms. The zero-order chi connectivity index (χ0) is 30.2. The van der Waals surface area contributed by atoms with E-state index in [4.69, 9.17) is 14.2 Å². The van der Waals surface area contributed by atoms with Crippen molar-refractivity contribution in [2.75, 3.05) is 30.1 Å². The van der Waals surface area contributed by atoms with Gasteiger partial charge in [0, 0.05) is 29.0 Å². The van der Waals surface area contributed by atoms with Crippen molar-refractivity contribution in [1.29, 1.82) is 0 Å². The molecule has 224 valence electrons. The largest absolute Gasteiger partial charge is 0.493 e. The second-order valence-corrected chi connectivity index (χ2v) is 10.9. The van der Waals surface area contributed by atoms with Gasteiger partial charge in [0.15, 0.2) is 11.5 Å². The molecule has 0 aliphatic heterocycles. The number of hydrogen-bond donors (Lipinski definition) is 3. The lowest BCUT2D eigenvalue weighted by atomic mass is 10.0. The average Bonchev–Trinajstić information content (AvgIpc) is 3.83. The van der Waals surface area contributed by atoms with Crippen molar-refractivity contribution in [2.45, 2.75) is 38.5 Å². The minimum Gasteiger partial charge on any atom is -0.493 e. The van der Waals surface area contributed by atoms with Crippen LogP contribution in [0, 0.1) is 11.2 Å². The summed E-state index contributed by atoms with van der Waals surface area (Å²) in [6, 6.07) is 17.8. The van der Waals surface area contributed by atoms with E-state index in [-0.39, 0.29) is 5.91 Å². The summed E-state index contributed by atoms with van der Waals surface area (Å²) in [6.45, 7) is 0.591. The third kappa shape index (κ3) is 7.37. The van der Waals surface area contributed by atoms with Crippen LogP contribution in [0.5, 0.6) is 23.0 Å². The van der Waals surface area contributed by atoms with Gasteiger partial charge in [0.1, 0.15) is 22.7 Å². The minimum absolute atomic E-state index is 0.385. The number of carbonyl (C=O) groups excluding carboxylic acids is 2. The van der Waals surface area contributed by atoms with Gasteiger partial charge in [-0.25, -0.2) is 4.39 Å². The fourth-order valence-corrected chi connectivity index (χ4v) is 4.91. The Morgan fingerprint density at radius 3 is 2.14 bits per heavy atom. The van der Waals surface area contributed by atoms with E-state index < -0.39 is 17.1 Å². The molecule has 1 aliphatic carbocycles. The van der Waals surface area contributed by atoms with Crippen molar-refractivity contribution < 1.29 is 28.2 Å². The van der Waals surface area contributed by atoms with E-state index in [1.165, 1.54) is 24.3 Å². The van der Waals surface area contributed by atoms with Crippen LogP contribution in [-0.2, 0) is 9.59 Å². The number of anilines is 2. The van der Waals surface area contributed by atoms with E-state index in [0.29, 0.717) is 59.3 Å². The van der Waals surface area contributed by atoms with Gasteiger partial charge < -0.3 is 24.8 Å². The fourth-order valence-electron chi connectivity index (χ4n) is 4.69. The predicted molar refractivity (Wildman–Crippen MR) is 168 cm³/mol. The number of aromatic nitrogens is 1. The van der Waals surface area contributed by atoms with Crippen LogP contribution in [0.25, 0.3) is 10.9 Å². The second kappa shape index (κ2) is 13.8. The van der Waals surface area contributed by atoms with Gasteiger partial charge in [0.05, 0.1) is 19.2 Å². The molecular weight excluding hydrogens is 569 g/mol. The second-order valence-electron chi connectivity index (χ2n) is 10.4. The molecule has 0 atom stereocenters. The standard InChI is InChI=1S/C33H34FN3O5S/c1-40-29-20-26-27(21-30(29)41-18-4-2-3-5-19-43)35-17-14-28(26)42-25-12-10-24(11-13-25)37-32(39)33(15-16-33)31(38)36-23-8-6-22(34)7-9-23/h6-14,17,20-21,43H,2-5,15-16,18-19H2,1H3,(H,36,38)(H,37,39). The summed E-state index contributed by atoms with van der Waals surface area (Å²) >= 11 is 4.25. The summed E-state index contributed by atoms with van der Waals surface area (Å²) in [5.41, 5.74) is 0.535. The lowest BCUT2D eigenvalue weighted by molar-refractivity contribution is -0.131. The van der Waals surface area contributed by atoms with Crippen LogP contribution in [0.4, 0.5) is 15.8 Å². The summed E-state index contributed by atoms with van der Waals surface area (Å²) in [4.78, 5) is 30.3. The molecule has 1 saturated carbocycles. The maximum Gasteiger partial charge on any atom is 0.240 e. The number of hydrogen-bond acceptors (Lipinski definition) is 7.